The molecule has 1 aliphatic carbocycles. The van der Waals surface area contributed by atoms with Gasteiger partial charge in [-0.15, -0.1) is 0 Å². The lowest BCUT2D eigenvalue weighted by Crippen LogP contribution is -2.11. The molecule has 0 bridgehead atoms. The van der Waals surface area contributed by atoms with Gasteiger partial charge in [-0.1, -0.05) is 57.6 Å². The van der Waals surface area contributed by atoms with Crippen LogP contribution in [0.3, 0.4) is 0 Å². The summed E-state index contributed by atoms with van der Waals surface area (Å²) in [6.45, 7) is 2.25. The van der Waals surface area contributed by atoms with Crippen molar-refractivity contribution in [3.8, 4) is 0 Å². The maximum absolute atomic E-state index is 11.0. The fraction of sp³-hybridized carbons (Fsp3) is 0.800. The number of carbonyl (C=O) groups is 2. The second kappa shape index (κ2) is 12.3. The molecule has 1 saturated carbocycles. The highest BCUT2D eigenvalue weighted by Crippen LogP contribution is 2.36. The van der Waals surface area contributed by atoms with E-state index in [9.17, 15) is 9.59 Å². The highest BCUT2D eigenvalue weighted by molar-refractivity contribution is 6.32. The van der Waals surface area contributed by atoms with Crippen molar-refractivity contribution in [1.82, 2.24) is 0 Å². The quantitative estimate of drug-likeness (QED) is 0.275. The monoisotopic (exact) mass is 322 g/mol. The first-order chi connectivity index (χ1) is 11.1. The summed E-state index contributed by atoms with van der Waals surface area (Å²) in [5.41, 5.74) is 0. The van der Waals surface area contributed by atoms with Crippen molar-refractivity contribution in [3.63, 3.8) is 0 Å². The zero-order valence-corrected chi connectivity index (χ0v) is 14.8. The summed E-state index contributed by atoms with van der Waals surface area (Å²) in [5, 5.41) is 8.54. The fourth-order valence-electron chi connectivity index (χ4n) is 3.61. The standard InChI is InChI=1S/C20H34O3/c1-2-3-4-5-6-8-12-17-14-11-15-18(17)13-9-7-10-16-19(21)20(22)23/h8,12,17-18H,2-7,9-11,13-16H2,1H3,(H,22,23)/t17-,18-/m0/s1. The minimum atomic E-state index is -1.29. The van der Waals surface area contributed by atoms with Crippen LogP contribution in [-0.2, 0) is 9.59 Å². The van der Waals surface area contributed by atoms with Gasteiger partial charge in [-0.25, -0.2) is 4.79 Å². The minimum absolute atomic E-state index is 0.196. The number of unbranched alkanes of at least 4 members (excludes halogenated alkanes) is 6. The number of allylic oxidation sites excluding steroid dienone is 2. The van der Waals surface area contributed by atoms with Gasteiger partial charge in [0.2, 0.25) is 5.78 Å². The zero-order valence-electron chi connectivity index (χ0n) is 14.8. The Hall–Kier alpha value is -1.12. The van der Waals surface area contributed by atoms with Crippen LogP contribution in [0.25, 0.3) is 0 Å². The van der Waals surface area contributed by atoms with E-state index < -0.39 is 11.8 Å². The van der Waals surface area contributed by atoms with Gasteiger partial charge in [-0.3, -0.25) is 4.79 Å². The van der Waals surface area contributed by atoms with Crippen LogP contribution < -0.4 is 0 Å². The highest BCUT2D eigenvalue weighted by Gasteiger charge is 2.24. The van der Waals surface area contributed by atoms with Crippen molar-refractivity contribution in [2.24, 2.45) is 11.8 Å². The summed E-state index contributed by atoms with van der Waals surface area (Å²) in [6, 6.07) is 0. The lowest BCUT2D eigenvalue weighted by molar-refractivity contribution is -0.149. The Bertz CT molecular complexity index is 373. The van der Waals surface area contributed by atoms with Gasteiger partial charge in [0.25, 0.3) is 0 Å². The molecule has 0 aromatic rings. The van der Waals surface area contributed by atoms with Gasteiger partial charge in [-0.2, -0.15) is 0 Å². The number of ketones is 1. The van der Waals surface area contributed by atoms with Crippen LogP contribution in [0.4, 0.5) is 0 Å². The first-order valence-corrected chi connectivity index (χ1v) is 9.58. The lowest BCUT2D eigenvalue weighted by atomic mass is 9.90. The van der Waals surface area contributed by atoms with Crippen LogP contribution in [0.1, 0.15) is 90.4 Å². The van der Waals surface area contributed by atoms with E-state index in [1.807, 2.05) is 0 Å². The molecule has 1 rings (SSSR count). The lowest BCUT2D eigenvalue weighted by Gasteiger charge is -2.16. The molecule has 1 N–H and O–H groups in total. The van der Waals surface area contributed by atoms with E-state index in [-0.39, 0.29) is 6.42 Å². The average Bonchev–Trinajstić information content (AvgIpc) is 2.97. The van der Waals surface area contributed by atoms with Crippen LogP contribution in [0, 0.1) is 11.8 Å². The number of hydrogen-bond donors (Lipinski definition) is 1. The van der Waals surface area contributed by atoms with Crippen molar-refractivity contribution in [2.75, 3.05) is 0 Å². The number of carbonyl (C=O) groups excluding carboxylic acids is 1. The summed E-state index contributed by atoms with van der Waals surface area (Å²) in [6.07, 6.45) is 19.6. The van der Waals surface area contributed by atoms with Gasteiger partial charge in [-0.05, 0) is 50.4 Å². The molecule has 2 atom stereocenters. The molecule has 0 amide bonds. The fourth-order valence-corrected chi connectivity index (χ4v) is 3.61. The van der Waals surface area contributed by atoms with E-state index in [4.69, 9.17) is 5.11 Å². The largest absolute Gasteiger partial charge is 0.476 e. The van der Waals surface area contributed by atoms with Gasteiger partial charge in [0.15, 0.2) is 0 Å². The van der Waals surface area contributed by atoms with E-state index in [0.29, 0.717) is 0 Å². The Morgan fingerprint density at radius 2 is 1.83 bits per heavy atom. The molecule has 0 spiro atoms. The summed E-state index contributed by atoms with van der Waals surface area (Å²) in [4.78, 5) is 21.5. The van der Waals surface area contributed by atoms with Crippen molar-refractivity contribution in [2.45, 2.75) is 90.4 Å². The molecule has 0 aromatic carbocycles. The number of rotatable bonds is 13. The van der Waals surface area contributed by atoms with E-state index in [1.54, 1.807) is 0 Å². The first-order valence-electron chi connectivity index (χ1n) is 9.58. The first kappa shape index (κ1) is 19.9. The van der Waals surface area contributed by atoms with Crippen molar-refractivity contribution < 1.29 is 14.7 Å². The molecule has 23 heavy (non-hydrogen) atoms. The number of Topliss-reactive ketones (excluding diaryl/α,β-unsaturated/α-hetero) is 1. The van der Waals surface area contributed by atoms with Crippen LogP contribution in [0.15, 0.2) is 12.2 Å². The van der Waals surface area contributed by atoms with Gasteiger partial charge in [0.1, 0.15) is 0 Å². The maximum Gasteiger partial charge on any atom is 0.372 e. The van der Waals surface area contributed by atoms with Gasteiger partial charge < -0.3 is 5.11 Å². The van der Waals surface area contributed by atoms with Gasteiger partial charge in [0.05, 0.1) is 0 Å². The predicted molar refractivity (Wildman–Crippen MR) is 94.5 cm³/mol. The summed E-state index contributed by atoms with van der Waals surface area (Å²) < 4.78 is 0. The topological polar surface area (TPSA) is 54.4 Å². The molecule has 0 aromatic heterocycles. The third-order valence-corrected chi connectivity index (χ3v) is 5.04. The second-order valence-corrected chi connectivity index (χ2v) is 6.96. The number of aliphatic carboxylic acids is 1. The highest BCUT2D eigenvalue weighted by atomic mass is 16.4. The number of hydrogen-bond acceptors (Lipinski definition) is 2. The molecule has 132 valence electrons. The van der Waals surface area contributed by atoms with Crippen LogP contribution >= 0.6 is 0 Å². The van der Waals surface area contributed by atoms with E-state index in [0.717, 1.165) is 31.1 Å². The molecular weight excluding hydrogens is 288 g/mol. The van der Waals surface area contributed by atoms with Crippen molar-refractivity contribution in [1.29, 1.82) is 0 Å². The van der Waals surface area contributed by atoms with Crippen LogP contribution in [0.2, 0.25) is 0 Å². The Morgan fingerprint density at radius 1 is 1.04 bits per heavy atom. The maximum atomic E-state index is 11.0. The third kappa shape index (κ3) is 8.92. The molecular formula is C20H34O3. The molecule has 0 heterocycles. The molecule has 3 heteroatoms. The summed E-state index contributed by atoms with van der Waals surface area (Å²) in [5.74, 6) is -0.376. The number of carboxylic acid groups (broad SMARTS) is 1. The average molecular weight is 322 g/mol. The molecule has 0 unspecified atom stereocenters. The van der Waals surface area contributed by atoms with E-state index in [1.165, 1.54) is 57.8 Å². The molecule has 1 fully saturated rings. The normalized spacial score (nSPS) is 21.1. The second-order valence-electron chi connectivity index (χ2n) is 6.96. The Kier molecular flexibility index (Phi) is 10.7. The van der Waals surface area contributed by atoms with Crippen molar-refractivity contribution >= 4 is 11.8 Å². The third-order valence-electron chi connectivity index (χ3n) is 5.04. The van der Waals surface area contributed by atoms with Gasteiger partial charge >= 0.3 is 5.97 Å². The van der Waals surface area contributed by atoms with E-state index >= 15 is 0 Å². The smallest absolute Gasteiger partial charge is 0.372 e. The molecule has 0 saturated heterocycles. The molecule has 0 radical (unpaired) electrons. The Labute approximate surface area is 141 Å². The Balaban J connectivity index is 2.11. The summed E-state index contributed by atoms with van der Waals surface area (Å²) >= 11 is 0. The minimum Gasteiger partial charge on any atom is -0.476 e. The zero-order chi connectivity index (χ0) is 16.9. The Morgan fingerprint density at radius 3 is 2.57 bits per heavy atom. The molecule has 1 aliphatic rings. The SMILES string of the molecule is CCCCCCC=C[C@H]1CCC[C@@H]1CCCCCC(=O)C(=O)O. The summed E-state index contributed by atoms with van der Waals surface area (Å²) in [7, 11) is 0. The van der Waals surface area contributed by atoms with Crippen molar-refractivity contribution in [3.05, 3.63) is 12.2 Å². The number of carboxylic acids is 1. The van der Waals surface area contributed by atoms with Crippen LogP contribution in [-0.4, -0.2) is 16.9 Å². The molecule has 3 nitrogen and oxygen atoms in total. The van der Waals surface area contributed by atoms with Crippen LogP contribution in [0.5, 0.6) is 0 Å². The van der Waals surface area contributed by atoms with Gasteiger partial charge in [0, 0.05) is 6.42 Å². The predicted octanol–water partition coefficient (Wildman–Crippen LogP) is 5.53. The molecule has 0 aliphatic heterocycles. The van der Waals surface area contributed by atoms with E-state index in [2.05, 4.69) is 19.1 Å².